The Morgan fingerprint density at radius 3 is 2.50 bits per heavy atom. The lowest BCUT2D eigenvalue weighted by Gasteiger charge is -2.21. The number of fused-ring (bicyclic) bond motifs is 1. The van der Waals surface area contributed by atoms with Gasteiger partial charge in [0.2, 0.25) is 0 Å². The number of allylic oxidation sites excluding steroid dienone is 5. The fraction of sp³-hybridized carbons (Fsp3) is 0.250. The molecule has 1 aromatic carbocycles. The zero-order valence-electron chi connectivity index (χ0n) is 10.2. The summed E-state index contributed by atoms with van der Waals surface area (Å²) < 4.78 is 0. The predicted molar refractivity (Wildman–Crippen MR) is 71.4 cm³/mol. The molecular formula is C16H18. The van der Waals surface area contributed by atoms with Gasteiger partial charge in [-0.25, -0.2) is 0 Å². The van der Waals surface area contributed by atoms with Crippen molar-refractivity contribution in [2.75, 3.05) is 0 Å². The molecule has 0 unspecified atom stereocenters. The molecule has 0 radical (unpaired) electrons. The van der Waals surface area contributed by atoms with E-state index >= 15 is 0 Å². The maximum atomic E-state index is 3.82. The Labute approximate surface area is 98.0 Å². The molecule has 0 heteroatoms. The van der Waals surface area contributed by atoms with Crippen LogP contribution in [-0.4, -0.2) is 0 Å². The zero-order valence-corrected chi connectivity index (χ0v) is 10.2. The van der Waals surface area contributed by atoms with Gasteiger partial charge in [-0.3, -0.25) is 0 Å². The standard InChI is InChI=1S/C16H18/c1-5-9-14-12(6-2)13-10-7-8-11-15(13)16(14,3)4/h5-11H,1H2,2-4H3/b12-6-,14-9+. The molecular weight excluding hydrogens is 192 g/mol. The molecule has 0 heterocycles. The van der Waals surface area contributed by atoms with Gasteiger partial charge in [-0.2, -0.15) is 0 Å². The molecule has 82 valence electrons. The van der Waals surface area contributed by atoms with Gasteiger partial charge in [0.1, 0.15) is 0 Å². The van der Waals surface area contributed by atoms with Gasteiger partial charge in [0, 0.05) is 5.41 Å². The lowest BCUT2D eigenvalue weighted by Crippen LogP contribution is -2.14. The number of rotatable bonds is 1. The largest absolute Gasteiger partial charge is 0.0991 e. The molecule has 0 aromatic heterocycles. The van der Waals surface area contributed by atoms with E-state index in [1.165, 1.54) is 22.3 Å². The molecule has 0 amide bonds. The van der Waals surface area contributed by atoms with Gasteiger partial charge in [-0.1, -0.05) is 62.9 Å². The second kappa shape index (κ2) is 3.79. The van der Waals surface area contributed by atoms with Crippen molar-refractivity contribution in [3.63, 3.8) is 0 Å². The van der Waals surface area contributed by atoms with Crippen molar-refractivity contribution in [3.8, 4) is 0 Å². The van der Waals surface area contributed by atoms with Gasteiger partial charge in [0.05, 0.1) is 0 Å². The van der Waals surface area contributed by atoms with Crippen molar-refractivity contribution >= 4 is 5.57 Å². The summed E-state index contributed by atoms with van der Waals surface area (Å²) in [5, 5.41) is 0. The molecule has 1 aliphatic rings. The van der Waals surface area contributed by atoms with E-state index in [0.717, 1.165) is 0 Å². The van der Waals surface area contributed by atoms with Crippen molar-refractivity contribution in [3.05, 3.63) is 65.8 Å². The summed E-state index contributed by atoms with van der Waals surface area (Å²) in [6.45, 7) is 10.5. The summed E-state index contributed by atoms with van der Waals surface area (Å²) in [5.74, 6) is 0. The van der Waals surface area contributed by atoms with Gasteiger partial charge in [-0.15, -0.1) is 0 Å². The summed E-state index contributed by atoms with van der Waals surface area (Å²) in [6, 6.07) is 8.65. The molecule has 2 rings (SSSR count). The van der Waals surface area contributed by atoms with Crippen LogP contribution >= 0.6 is 0 Å². The molecule has 0 N–H and O–H groups in total. The third kappa shape index (κ3) is 1.37. The van der Waals surface area contributed by atoms with Crippen LogP contribution in [-0.2, 0) is 5.41 Å². The van der Waals surface area contributed by atoms with E-state index in [0.29, 0.717) is 0 Å². The van der Waals surface area contributed by atoms with Crippen molar-refractivity contribution in [2.45, 2.75) is 26.2 Å². The molecule has 1 aromatic rings. The maximum absolute atomic E-state index is 3.82. The van der Waals surface area contributed by atoms with E-state index in [4.69, 9.17) is 0 Å². The van der Waals surface area contributed by atoms with Crippen molar-refractivity contribution in [1.82, 2.24) is 0 Å². The highest BCUT2D eigenvalue weighted by atomic mass is 14.4. The van der Waals surface area contributed by atoms with Crippen LogP contribution in [0.1, 0.15) is 31.9 Å². The fourth-order valence-corrected chi connectivity index (χ4v) is 2.62. The van der Waals surface area contributed by atoms with Gasteiger partial charge in [-0.05, 0) is 29.2 Å². The predicted octanol–water partition coefficient (Wildman–Crippen LogP) is 4.49. The van der Waals surface area contributed by atoms with Crippen LogP contribution in [0, 0.1) is 0 Å². The highest BCUT2D eigenvalue weighted by Crippen LogP contribution is 2.49. The average Bonchev–Trinajstić information content (AvgIpc) is 2.49. The quantitative estimate of drug-likeness (QED) is 0.640. The van der Waals surface area contributed by atoms with E-state index in [2.05, 4.69) is 63.8 Å². The molecule has 16 heavy (non-hydrogen) atoms. The Balaban J connectivity index is 2.75. The first-order valence-electron chi connectivity index (χ1n) is 5.72. The van der Waals surface area contributed by atoms with Crippen molar-refractivity contribution in [2.24, 2.45) is 0 Å². The SMILES string of the molecule is C=C/C=C1\C(=C/C)c2ccccc2C1(C)C. The number of hydrogen-bond donors (Lipinski definition) is 0. The zero-order chi connectivity index (χ0) is 11.8. The highest BCUT2D eigenvalue weighted by Gasteiger charge is 2.36. The molecule has 1 aliphatic carbocycles. The van der Waals surface area contributed by atoms with Gasteiger partial charge >= 0.3 is 0 Å². The first-order valence-corrected chi connectivity index (χ1v) is 5.72. The third-order valence-electron chi connectivity index (χ3n) is 3.43. The van der Waals surface area contributed by atoms with Crippen molar-refractivity contribution in [1.29, 1.82) is 0 Å². The summed E-state index contributed by atoms with van der Waals surface area (Å²) in [7, 11) is 0. The minimum atomic E-state index is 0.0899. The van der Waals surface area contributed by atoms with E-state index in [-0.39, 0.29) is 5.41 Å². The Bertz CT molecular complexity index is 485. The van der Waals surface area contributed by atoms with Gasteiger partial charge in [0.15, 0.2) is 0 Å². The minimum absolute atomic E-state index is 0.0899. The minimum Gasteiger partial charge on any atom is -0.0991 e. The molecule has 0 saturated heterocycles. The molecule has 0 spiro atoms. The molecule has 0 saturated carbocycles. The van der Waals surface area contributed by atoms with Gasteiger partial charge in [0.25, 0.3) is 0 Å². The average molecular weight is 210 g/mol. The molecule has 0 fully saturated rings. The first-order chi connectivity index (χ1) is 7.62. The van der Waals surface area contributed by atoms with E-state index < -0.39 is 0 Å². The van der Waals surface area contributed by atoms with Crippen LogP contribution < -0.4 is 0 Å². The highest BCUT2D eigenvalue weighted by molar-refractivity contribution is 5.89. The van der Waals surface area contributed by atoms with Crippen LogP contribution in [0.15, 0.2) is 54.6 Å². The lowest BCUT2D eigenvalue weighted by atomic mass is 9.82. The first kappa shape index (κ1) is 10.9. The van der Waals surface area contributed by atoms with E-state index in [9.17, 15) is 0 Å². The normalized spacial score (nSPS) is 22.4. The lowest BCUT2D eigenvalue weighted by molar-refractivity contribution is 0.661. The molecule has 0 atom stereocenters. The Kier molecular flexibility index (Phi) is 2.59. The third-order valence-corrected chi connectivity index (χ3v) is 3.43. The van der Waals surface area contributed by atoms with Crippen LogP contribution in [0.25, 0.3) is 5.57 Å². The van der Waals surface area contributed by atoms with E-state index in [1.54, 1.807) is 0 Å². The van der Waals surface area contributed by atoms with Crippen LogP contribution in [0.2, 0.25) is 0 Å². The summed E-state index contributed by atoms with van der Waals surface area (Å²) in [4.78, 5) is 0. The smallest absolute Gasteiger partial charge is 0.0158 e. The van der Waals surface area contributed by atoms with Crippen LogP contribution in [0.3, 0.4) is 0 Å². The van der Waals surface area contributed by atoms with Gasteiger partial charge < -0.3 is 0 Å². The van der Waals surface area contributed by atoms with Crippen molar-refractivity contribution < 1.29 is 0 Å². The van der Waals surface area contributed by atoms with E-state index in [1.807, 2.05) is 6.08 Å². The number of benzene rings is 1. The molecule has 0 bridgehead atoms. The summed E-state index contributed by atoms with van der Waals surface area (Å²) in [5.41, 5.74) is 5.58. The van der Waals surface area contributed by atoms with Crippen LogP contribution in [0.5, 0.6) is 0 Å². The Hall–Kier alpha value is -1.56. The topological polar surface area (TPSA) is 0 Å². The molecule has 0 nitrogen and oxygen atoms in total. The maximum Gasteiger partial charge on any atom is 0.0158 e. The second-order valence-electron chi connectivity index (χ2n) is 4.69. The number of hydrogen-bond acceptors (Lipinski definition) is 0. The summed E-state index contributed by atoms with van der Waals surface area (Å²) in [6.07, 6.45) is 6.21. The Morgan fingerprint density at radius 1 is 1.19 bits per heavy atom. The van der Waals surface area contributed by atoms with Crippen LogP contribution in [0.4, 0.5) is 0 Å². The summed E-state index contributed by atoms with van der Waals surface area (Å²) >= 11 is 0. The fourth-order valence-electron chi connectivity index (χ4n) is 2.62. The second-order valence-corrected chi connectivity index (χ2v) is 4.69. The Morgan fingerprint density at radius 2 is 1.88 bits per heavy atom. The molecule has 0 aliphatic heterocycles. The monoisotopic (exact) mass is 210 g/mol.